The molecule has 0 saturated heterocycles. The van der Waals surface area contributed by atoms with Gasteiger partial charge >= 0.3 is 0 Å². The van der Waals surface area contributed by atoms with Crippen molar-refractivity contribution in [2.75, 3.05) is 6.54 Å². The average molecular weight is 244 g/mol. The number of benzene rings is 1. The molecule has 0 saturated carbocycles. The molecule has 0 fully saturated rings. The summed E-state index contributed by atoms with van der Waals surface area (Å²) >= 11 is 11.9. The van der Waals surface area contributed by atoms with Crippen LogP contribution in [-0.4, -0.2) is 6.54 Å². The summed E-state index contributed by atoms with van der Waals surface area (Å²) in [5.41, 5.74) is 1.11. The van der Waals surface area contributed by atoms with Gasteiger partial charge in [0.2, 0.25) is 0 Å². The van der Waals surface area contributed by atoms with Gasteiger partial charge < -0.3 is 5.32 Å². The first-order valence-corrected chi connectivity index (χ1v) is 5.73. The van der Waals surface area contributed by atoms with E-state index in [0.717, 1.165) is 18.5 Å². The summed E-state index contributed by atoms with van der Waals surface area (Å²) in [5.74, 6) is 0. The lowest BCUT2D eigenvalue weighted by atomic mass is 10.0. The molecule has 0 aliphatic carbocycles. The minimum atomic E-state index is 0.240. The van der Waals surface area contributed by atoms with E-state index in [0.29, 0.717) is 10.0 Å². The van der Waals surface area contributed by atoms with Crippen molar-refractivity contribution in [3.63, 3.8) is 0 Å². The number of halogens is 2. The Kier molecular flexibility index (Phi) is 5.16. The molecule has 1 aromatic rings. The lowest BCUT2D eigenvalue weighted by Gasteiger charge is -2.17. The summed E-state index contributed by atoms with van der Waals surface area (Å²) in [7, 11) is 0. The van der Waals surface area contributed by atoms with Gasteiger partial charge in [0, 0.05) is 16.1 Å². The van der Waals surface area contributed by atoms with Crippen molar-refractivity contribution in [3.8, 4) is 0 Å². The first kappa shape index (κ1) is 12.6. The molecule has 0 heterocycles. The van der Waals surface area contributed by atoms with Gasteiger partial charge in [-0.25, -0.2) is 0 Å². The maximum absolute atomic E-state index is 5.96. The van der Waals surface area contributed by atoms with Crippen LogP contribution >= 0.6 is 23.2 Å². The smallest absolute Gasteiger partial charge is 0.0424 e. The van der Waals surface area contributed by atoms with Gasteiger partial charge in [-0.05, 0) is 36.7 Å². The van der Waals surface area contributed by atoms with Crippen LogP contribution in [0.15, 0.2) is 30.9 Å². The van der Waals surface area contributed by atoms with E-state index in [-0.39, 0.29) is 6.04 Å². The Labute approximate surface area is 101 Å². The second-order valence-electron chi connectivity index (χ2n) is 3.34. The molecule has 1 nitrogen and oxygen atoms in total. The molecule has 3 heteroatoms. The Hall–Kier alpha value is -0.500. The Balaban J connectivity index is 2.93. The van der Waals surface area contributed by atoms with Crippen LogP contribution < -0.4 is 5.32 Å². The zero-order valence-corrected chi connectivity index (χ0v) is 10.3. The molecule has 1 atom stereocenters. The van der Waals surface area contributed by atoms with Crippen molar-refractivity contribution in [3.05, 3.63) is 46.5 Å². The van der Waals surface area contributed by atoms with Crippen molar-refractivity contribution < 1.29 is 0 Å². The largest absolute Gasteiger partial charge is 0.310 e. The van der Waals surface area contributed by atoms with Gasteiger partial charge in [0.25, 0.3) is 0 Å². The van der Waals surface area contributed by atoms with E-state index in [1.807, 2.05) is 18.2 Å². The molecule has 0 bridgehead atoms. The Bertz CT molecular complexity index is 316. The third-order valence-electron chi connectivity index (χ3n) is 2.14. The normalized spacial score (nSPS) is 12.5. The molecule has 0 aliphatic rings. The van der Waals surface area contributed by atoms with E-state index in [9.17, 15) is 0 Å². The number of nitrogens with one attached hydrogen (secondary N) is 1. The molecule has 1 aromatic carbocycles. The highest BCUT2D eigenvalue weighted by Gasteiger charge is 2.09. The minimum Gasteiger partial charge on any atom is -0.310 e. The van der Waals surface area contributed by atoms with Crippen LogP contribution in [0.5, 0.6) is 0 Å². The molecular formula is C12H15Cl2N. The summed E-state index contributed by atoms with van der Waals surface area (Å²) < 4.78 is 0. The molecule has 0 amide bonds. The van der Waals surface area contributed by atoms with Gasteiger partial charge in [0.15, 0.2) is 0 Å². The van der Waals surface area contributed by atoms with Crippen LogP contribution in [0.2, 0.25) is 10.0 Å². The second kappa shape index (κ2) is 6.16. The van der Waals surface area contributed by atoms with Crippen molar-refractivity contribution in [2.45, 2.75) is 19.4 Å². The van der Waals surface area contributed by atoms with Gasteiger partial charge in [0.1, 0.15) is 0 Å². The van der Waals surface area contributed by atoms with E-state index in [1.165, 1.54) is 0 Å². The maximum Gasteiger partial charge on any atom is 0.0424 e. The fourth-order valence-electron chi connectivity index (χ4n) is 1.53. The molecule has 1 rings (SSSR count). The van der Waals surface area contributed by atoms with Crippen LogP contribution in [-0.2, 0) is 0 Å². The lowest BCUT2D eigenvalue weighted by Crippen LogP contribution is -2.20. The highest BCUT2D eigenvalue weighted by molar-refractivity contribution is 6.34. The monoisotopic (exact) mass is 243 g/mol. The van der Waals surface area contributed by atoms with Crippen LogP contribution in [0.25, 0.3) is 0 Å². The first-order valence-electron chi connectivity index (χ1n) is 4.97. The predicted molar refractivity (Wildman–Crippen MR) is 67.7 cm³/mol. The minimum absolute atomic E-state index is 0.240. The van der Waals surface area contributed by atoms with Crippen molar-refractivity contribution in [2.24, 2.45) is 0 Å². The van der Waals surface area contributed by atoms with Crippen LogP contribution in [0.4, 0.5) is 0 Å². The summed E-state index contributed by atoms with van der Waals surface area (Å²) in [6.07, 6.45) is 2.76. The highest BCUT2D eigenvalue weighted by Crippen LogP contribution is 2.25. The topological polar surface area (TPSA) is 12.0 Å². The SMILES string of the molecule is C=CCC(NCC)c1cc(Cl)cc(Cl)c1. The highest BCUT2D eigenvalue weighted by atomic mass is 35.5. The summed E-state index contributed by atoms with van der Waals surface area (Å²) in [4.78, 5) is 0. The van der Waals surface area contributed by atoms with E-state index in [2.05, 4.69) is 18.8 Å². The van der Waals surface area contributed by atoms with Crippen LogP contribution in [0.1, 0.15) is 24.9 Å². The zero-order chi connectivity index (χ0) is 11.3. The quantitative estimate of drug-likeness (QED) is 0.764. The number of hydrogen-bond acceptors (Lipinski definition) is 1. The fourth-order valence-corrected chi connectivity index (χ4v) is 2.07. The van der Waals surface area contributed by atoms with Gasteiger partial charge in [-0.2, -0.15) is 0 Å². The molecule has 0 aliphatic heterocycles. The van der Waals surface area contributed by atoms with Crippen LogP contribution in [0.3, 0.4) is 0 Å². The third-order valence-corrected chi connectivity index (χ3v) is 2.58. The van der Waals surface area contributed by atoms with Crippen molar-refractivity contribution in [1.29, 1.82) is 0 Å². The second-order valence-corrected chi connectivity index (χ2v) is 4.21. The van der Waals surface area contributed by atoms with E-state index >= 15 is 0 Å². The lowest BCUT2D eigenvalue weighted by molar-refractivity contribution is 0.559. The molecule has 1 N–H and O–H groups in total. The van der Waals surface area contributed by atoms with Gasteiger partial charge in [0.05, 0.1) is 0 Å². The van der Waals surface area contributed by atoms with Gasteiger partial charge in [-0.3, -0.25) is 0 Å². The molecule has 0 spiro atoms. The van der Waals surface area contributed by atoms with E-state index < -0.39 is 0 Å². The summed E-state index contributed by atoms with van der Waals surface area (Å²) in [5, 5.41) is 4.71. The molecule has 0 radical (unpaired) electrons. The van der Waals surface area contributed by atoms with Crippen LogP contribution in [0, 0.1) is 0 Å². The molecular weight excluding hydrogens is 229 g/mol. The zero-order valence-electron chi connectivity index (χ0n) is 8.76. The molecule has 0 aromatic heterocycles. The fraction of sp³-hybridized carbons (Fsp3) is 0.333. The standard InChI is InChI=1S/C12H15Cl2N/c1-3-5-12(15-4-2)9-6-10(13)8-11(14)7-9/h3,6-8,12,15H,1,4-5H2,2H3. The molecule has 1 unspecified atom stereocenters. The predicted octanol–water partition coefficient (Wildman–Crippen LogP) is 4.22. The molecule has 82 valence electrons. The number of hydrogen-bond donors (Lipinski definition) is 1. The Morgan fingerprint density at radius 2 is 1.93 bits per heavy atom. The average Bonchev–Trinajstić information content (AvgIpc) is 2.16. The summed E-state index contributed by atoms with van der Waals surface area (Å²) in [6, 6.07) is 5.85. The Morgan fingerprint density at radius 1 is 1.33 bits per heavy atom. The maximum atomic E-state index is 5.96. The van der Waals surface area contributed by atoms with Gasteiger partial charge in [-0.15, -0.1) is 6.58 Å². The Morgan fingerprint density at radius 3 is 2.40 bits per heavy atom. The number of rotatable bonds is 5. The van der Waals surface area contributed by atoms with E-state index in [1.54, 1.807) is 6.07 Å². The first-order chi connectivity index (χ1) is 7.17. The third kappa shape index (κ3) is 3.86. The van der Waals surface area contributed by atoms with Crippen molar-refractivity contribution in [1.82, 2.24) is 5.32 Å². The molecule has 15 heavy (non-hydrogen) atoms. The summed E-state index contributed by atoms with van der Waals surface area (Å²) in [6.45, 7) is 6.72. The van der Waals surface area contributed by atoms with Gasteiger partial charge in [-0.1, -0.05) is 36.2 Å². The van der Waals surface area contributed by atoms with E-state index in [4.69, 9.17) is 23.2 Å². The van der Waals surface area contributed by atoms with Crippen molar-refractivity contribution >= 4 is 23.2 Å².